The molecule has 7 aromatic carbocycles. The Labute approximate surface area is 373 Å². The van der Waals surface area contributed by atoms with E-state index in [0.29, 0.717) is 63.7 Å². The van der Waals surface area contributed by atoms with Gasteiger partial charge in [-0.15, -0.1) is 0 Å². The second-order valence-corrected chi connectivity index (χ2v) is 15.4. The minimum absolute atomic E-state index is 0.431. The third-order valence-electron chi connectivity index (χ3n) is 11.1. The number of aromatic nitrogens is 10. The fourth-order valence-corrected chi connectivity index (χ4v) is 8.13. The van der Waals surface area contributed by atoms with Crippen LogP contribution in [0.5, 0.6) is 0 Å². The molecule has 11 nitrogen and oxygen atoms in total. The smallest absolute Gasteiger partial charge is 0.198 e. The molecule has 0 saturated heterocycles. The van der Waals surface area contributed by atoms with Crippen molar-refractivity contribution in [2.75, 3.05) is 0 Å². The summed E-state index contributed by atoms with van der Waals surface area (Å²) in [5.41, 5.74) is 8.77. The molecule has 0 aliphatic rings. The number of aryl methyl sites for hydroxylation is 2. The van der Waals surface area contributed by atoms with Crippen molar-refractivity contribution in [2.45, 2.75) is 13.8 Å². The molecular weight excluding hydrogens is 803 g/mol. The first-order valence-corrected chi connectivity index (χ1v) is 21.0. The van der Waals surface area contributed by atoms with Gasteiger partial charge in [-0.25, -0.2) is 49.7 Å². The molecule has 4 aromatic heterocycles. The first-order valence-electron chi connectivity index (χ1n) is 21.0. The van der Waals surface area contributed by atoms with Gasteiger partial charge < -0.3 is 4.57 Å². The Kier molecular flexibility index (Phi) is 9.71. The molecule has 0 atom stereocenters. The Balaban J connectivity index is 1.16. The van der Waals surface area contributed by atoms with Gasteiger partial charge in [0.1, 0.15) is 11.6 Å². The summed E-state index contributed by atoms with van der Waals surface area (Å²) in [7, 11) is 0. The van der Waals surface area contributed by atoms with Crippen LogP contribution in [0.4, 0.5) is 5.69 Å². The lowest BCUT2D eigenvalue weighted by atomic mass is 10.1. The third kappa shape index (κ3) is 7.41. The molecular formula is C54H35N11. The summed E-state index contributed by atoms with van der Waals surface area (Å²) in [5.74, 6) is 4.94. The SMILES string of the molecule is [C-]#[N+]c1ccc(-n2c3cc(-c4nc(-c5ccccc5)nc(-c5ccccc5)n4)ccc3c3ccc(-c4nc(-c5ccccc5)nc(-c5ccccc5)n4)cc32)cc1-c1nc(C)nc(C)n1. The van der Waals surface area contributed by atoms with E-state index in [4.69, 9.17) is 36.5 Å². The second-order valence-electron chi connectivity index (χ2n) is 15.4. The van der Waals surface area contributed by atoms with Crippen molar-refractivity contribution in [3.63, 3.8) is 0 Å². The molecule has 0 amide bonds. The Bertz CT molecular complexity index is 3310. The van der Waals surface area contributed by atoms with Crippen LogP contribution >= 0.6 is 0 Å². The van der Waals surface area contributed by atoms with Crippen LogP contribution in [0.1, 0.15) is 11.6 Å². The highest BCUT2D eigenvalue weighted by atomic mass is 15.1. The maximum atomic E-state index is 8.12. The number of benzene rings is 7. The molecule has 0 aliphatic heterocycles. The Morgan fingerprint density at radius 3 is 1.09 bits per heavy atom. The summed E-state index contributed by atoms with van der Waals surface area (Å²) in [6.45, 7) is 11.8. The van der Waals surface area contributed by atoms with E-state index in [1.807, 2.05) is 153 Å². The van der Waals surface area contributed by atoms with Crippen LogP contribution in [0, 0.1) is 20.4 Å². The fourth-order valence-electron chi connectivity index (χ4n) is 8.13. The predicted octanol–water partition coefficient (Wildman–Crippen LogP) is 12.2. The summed E-state index contributed by atoms with van der Waals surface area (Å²) in [4.78, 5) is 47.8. The molecule has 0 aliphatic carbocycles. The summed E-state index contributed by atoms with van der Waals surface area (Å²) >= 11 is 0. The number of nitrogens with zero attached hydrogens (tertiary/aromatic N) is 11. The van der Waals surface area contributed by atoms with Gasteiger partial charge in [-0.3, -0.25) is 0 Å². The van der Waals surface area contributed by atoms with Gasteiger partial charge in [0.25, 0.3) is 0 Å². The predicted molar refractivity (Wildman–Crippen MR) is 255 cm³/mol. The normalized spacial score (nSPS) is 11.2. The van der Waals surface area contributed by atoms with Crippen LogP contribution in [-0.4, -0.2) is 49.4 Å². The molecule has 306 valence electrons. The summed E-state index contributed by atoms with van der Waals surface area (Å²) in [6, 6.07) is 58.2. The number of hydrogen-bond acceptors (Lipinski definition) is 9. The minimum Gasteiger partial charge on any atom is -0.309 e. The van der Waals surface area contributed by atoms with Gasteiger partial charge in [-0.05, 0) is 38.1 Å². The molecule has 0 saturated carbocycles. The monoisotopic (exact) mass is 837 g/mol. The number of fused-ring (bicyclic) bond motifs is 3. The minimum atomic E-state index is 0.431. The molecule has 0 spiro atoms. The highest BCUT2D eigenvalue weighted by Crippen LogP contribution is 2.39. The first kappa shape index (κ1) is 38.8. The van der Waals surface area contributed by atoms with Crippen molar-refractivity contribution in [1.82, 2.24) is 49.4 Å². The molecule has 0 N–H and O–H groups in total. The van der Waals surface area contributed by atoms with Crippen LogP contribution in [0.15, 0.2) is 176 Å². The average molecular weight is 838 g/mol. The third-order valence-corrected chi connectivity index (χ3v) is 11.1. The number of rotatable bonds is 8. The van der Waals surface area contributed by atoms with Crippen molar-refractivity contribution in [1.29, 1.82) is 0 Å². The van der Waals surface area contributed by atoms with Crippen molar-refractivity contribution in [3.05, 3.63) is 199 Å². The maximum absolute atomic E-state index is 8.12. The van der Waals surface area contributed by atoms with Gasteiger partial charge >= 0.3 is 0 Å². The Morgan fingerprint density at radius 2 is 0.723 bits per heavy atom. The van der Waals surface area contributed by atoms with Gasteiger partial charge in [-0.2, -0.15) is 0 Å². The topological polar surface area (TPSA) is 125 Å². The van der Waals surface area contributed by atoms with Crippen LogP contribution < -0.4 is 0 Å². The lowest BCUT2D eigenvalue weighted by Crippen LogP contribution is -2.01. The quantitative estimate of drug-likeness (QED) is 0.137. The largest absolute Gasteiger partial charge is 0.309 e. The standard InChI is InChI=1S/C54H35N11/c1-33-56-34(2)58-54(57-33)44-32-41(26-29-45(44)55-3)65-46-30-39(52-61-48(35-16-8-4-9-17-35)59-49(62-52)36-18-10-5-11-19-36)24-27-42(46)43-28-25-40(31-47(43)65)53-63-50(37-20-12-6-13-21-37)60-51(64-53)38-22-14-7-15-23-38/h4-32H,1-2H3. The van der Waals surface area contributed by atoms with E-state index in [2.05, 4.69) is 60.8 Å². The van der Waals surface area contributed by atoms with Crippen molar-refractivity contribution < 1.29 is 0 Å². The molecule has 11 aromatic rings. The summed E-state index contributed by atoms with van der Waals surface area (Å²) in [5, 5.41) is 2.01. The van der Waals surface area contributed by atoms with Gasteiger partial charge in [0, 0.05) is 55.4 Å². The van der Waals surface area contributed by atoms with E-state index in [0.717, 1.165) is 60.9 Å². The highest BCUT2D eigenvalue weighted by molar-refractivity contribution is 6.11. The molecule has 11 rings (SSSR count). The van der Waals surface area contributed by atoms with Crippen LogP contribution in [0.3, 0.4) is 0 Å². The number of hydrogen-bond donors (Lipinski definition) is 0. The Morgan fingerprint density at radius 1 is 0.354 bits per heavy atom. The zero-order valence-electron chi connectivity index (χ0n) is 35.2. The van der Waals surface area contributed by atoms with Crippen molar-refractivity contribution in [3.8, 4) is 85.4 Å². The van der Waals surface area contributed by atoms with Gasteiger partial charge in [0.05, 0.1) is 17.6 Å². The van der Waals surface area contributed by atoms with Crippen LogP contribution in [-0.2, 0) is 0 Å². The molecule has 65 heavy (non-hydrogen) atoms. The molecule has 4 heterocycles. The zero-order valence-corrected chi connectivity index (χ0v) is 35.2. The van der Waals surface area contributed by atoms with E-state index in [1.54, 1.807) is 0 Å². The van der Waals surface area contributed by atoms with E-state index in [-0.39, 0.29) is 0 Å². The molecule has 0 bridgehead atoms. The van der Waals surface area contributed by atoms with E-state index in [9.17, 15) is 0 Å². The van der Waals surface area contributed by atoms with Gasteiger partial charge in [0.15, 0.2) is 46.5 Å². The average Bonchev–Trinajstić information content (AvgIpc) is 3.69. The lowest BCUT2D eigenvalue weighted by Gasteiger charge is -2.13. The Hall–Kier alpha value is -9.14. The summed E-state index contributed by atoms with van der Waals surface area (Å²) in [6.07, 6.45) is 0. The van der Waals surface area contributed by atoms with Crippen LogP contribution in [0.2, 0.25) is 0 Å². The van der Waals surface area contributed by atoms with Crippen LogP contribution in [0.25, 0.3) is 112 Å². The lowest BCUT2D eigenvalue weighted by molar-refractivity contribution is 0.929. The fraction of sp³-hybridized carbons (Fsp3) is 0.0370. The van der Waals surface area contributed by atoms with Gasteiger partial charge in [-0.1, -0.05) is 152 Å². The second kappa shape index (κ2) is 16.3. The summed E-state index contributed by atoms with van der Waals surface area (Å²) < 4.78 is 2.20. The first-order chi connectivity index (χ1) is 32.0. The van der Waals surface area contributed by atoms with Crippen molar-refractivity contribution >= 4 is 27.5 Å². The highest BCUT2D eigenvalue weighted by Gasteiger charge is 2.21. The molecule has 0 radical (unpaired) electrons. The van der Waals surface area contributed by atoms with Gasteiger partial charge in [0.2, 0.25) is 0 Å². The van der Waals surface area contributed by atoms with Crippen molar-refractivity contribution in [2.24, 2.45) is 0 Å². The van der Waals surface area contributed by atoms with E-state index in [1.165, 1.54) is 0 Å². The molecule has 0 unspecified atom stereocenters. The van der Waals surface area contributed by atoms with E-state index >= 15 is 0 Å². The van der Waals surface area contributed by atoms with E-state index < -0.39 is 0 Å². The molecule has 11 heteroatoms. The molecule has 0 fully saturated rings. The maximum Gasteiger partial charge on any atom is 0.198 e. The zero-order chi connectivity index (χ0) is 43.9.